The van der Waals surface area contributed by atoms with Gasteiger partial charge in [0, 0.05) is 30.4 Å². The molecule has 25 heavy (non-hydrogen) atoms. The van der Waals surface area contributed by atoms with E-state index < -0.39 is 0 Å². The molecule has 0 spiro atoms. The zero-order valence-corrected chi connectivity index (χ0v) is 14.1. The molecule has 3 rings (SSSR count). The second kappa shape index (κ2) is 7.34. The van der Waals surface area contributed by atoms with Gasteiger partial charge in [-0.1, -0.05) is 30.3 Å². The summed E-state index contributed by atoms with van der Waals surface area (Å²) in [5.41, 5.74) is 3.13. The fourth-order valence-corrected chi connectivity index (χ4v) is 3.32. The number of fused-ring (bicyclic) bond motifs is 1. The molecule has 1 aliphatic rings. The second-order valence-corrected chi connectivity index (χ2v) is 6.16. The lowest BCUT2D eigenvalue weighted by Crippen LogP contribution is -2.40. The predicted molar refractivity (Wildman–Crippen MR) is 94.5 cm³/mol. The summed E-state index contributed by atoms with van der Waals surface area (Å²) in [4.78, 5) is 24.6. The average molecular weight is 340 g/mol. The largest absolute Gasteiger partial charge is 0.469 e. The fourth-order valence-electron chi connectivity index (χ4n) is 3.32. The van der Waals surface area contributed by atoms with Gasteiger partial charge in [0.25, 0.3) is 5.69 Å². The highest BCUT2D eigenvalue weighted by molar-refractivity contribution is 5.72. The molecule has 1 heterocycles. The van der Waals surface area contributed by atoms with E-state index in [9.17, 15) is 14.9 Å². The minimum Gasteiger partial charge on any atom is -0.469 e. The van der Waals surface area contributed by atoms with Gasteiger partial charge in [0.1, 0.15) is 0 Å². The number of nitro groups is 1. The van der Waals surface area contributed by atoms with E-state index in [1.807, 2.05) is 30.3 Å². The molecule has 0 radical (unpaired) electrons. The molecular formula is C19H20N2O4. The molecule has 0 unspecified atom stereocenters. The van der Waals surface area contributed by atoms with E-state index in [1.165, 1.54) is 13.2 Å². The number of ether oxygens (including phenoxy) is 1. The molecule has 0 fully saturated rings. The van der Waals surface area contributed by atoms with Gasteiger partial charge in [0.2, 0.25) is 0 Å². The van der Waals surface area contributed by atoms with Crippen molar-refractivity contribution >= 4 is 17.3 Å². The highest BCUT2D eigenvalue weighted by Crippen LogP contribution is 2.35. The molecule has 0 saturated heterocycles. The monoisotopic (exact) mass is 340 g/mol. The van der Waals surface area contributed by atoms with E-state index in [2.05, 4.69) is 4.90 Å². The van der Waals surface area contributed by atoms with Gasteiger partial charge in [-0.05, 0) is 30.0 Å². The SMILES string of the molecule is COC(=O)C[C@H]1CCc2cc([N+](=O)[O-])ccc2N1Cc1ccccc1. The van der Waals surface area contributed by atoms with Crippen molar-refractivity contribution in [1.29, 1.82) is 0 Å². The van der Waals surface area contributed by atoms with Gasteiger partial charge in [0.05, 0.1) is 18.5 Å². The Morgan fingerprint density at radius 2 is 2.04 bits per heavy atom. The summed E-state index contributed by atoms with van der Waals surface area (Å²) in [5, 5.41) is 11.0. The third-order valence-corrected chi connectivity index (χ3v) is 4.60. The lowest BCUT2D eigenvalue weighted by molar-refractivity contribution is -0.384. The third-order valence-electron chi connectivity index (χ3n) is 4.60. The van der Waals surface area contributed by atoms with Crippen LogP contribution in [0.3, 0.4) is 0 Å². The standard InChI is InChI=1S/C19H20N2O4/c1-25-19(22)12-16-8-7-15-11-17(21(23)24)9-10-18(15)20(16)13-14-5-3-2-4-6-14/h2-6,9-11,16H,7-8,12-13H2,1H3/t16-/m1/s1. The first kappa shape index (κ1) is 17.0. The number of aryl methyl sites for hydroxylation is 1. The number of nitro benzene ring substituents is 1. The molecule has 0 aliphatic carbocycles. The van der Waals surface area contributed by atoms with E-state index in [1.54, 1.807) is 12.1 Å². The number of hydrogen-bond donors (Lipinski definition) is 0. The lowest BCUT2D eigenvalue weighted by Gasteiger charge is -2.38. The van der Waals surface area contributed by atoms with Crippen molar-refractivity contribution < 1.29 is 14.5 Å². The quantitative estimate of drug-likeness (QED) is 0.473. The normalized spacial score (nSPS) is 16.2. The van der Waals surface area contributed by atoms with Crippen molar-refractivity contribution in [1.82, 2.24) is 0 Å². The number of anilines is 1. The third kappa shape index (κ3) is 3.79. The van der Waals surface area contributed by atoms with E-state index in [4.69, 9.17) is 4.74 Å². The van der Waals surface area contributed by atoms with Crippen LogP contribution in [0.1, 0.15) is 24.0 Å². The Morgan fingerprint density at radius 1 is 1.28 bits per heavy atom. The molecule has 6 nitrogen and oxygen atoms in total. The maximum Gasteiger partial charge on any atom is 0.307 e. The number of carbonyl (C=O) groups is 1. The van der Waals surface area contributed by atoms with Crippen molar-refractivity contribution in [2.24, 2.45) is 0 Å². The number of methoxy groups -OCH3 is 1. The molecular weight excluding hydrogens is 320 g/mol. The van der Waals surface area contributed by atoms with Crippen LogP contribution < -0.4 is 4.90 Å². The van der Waals surface area contributed by atoms with Gasteiger partial charge in [-0.25, -0.2) is 0 Å². The molecule has 0 amide bonds. The maximum atomic E-state index is 11.8. The number of hydrogen-bond acceptors (Lipinski definition) is 5. The lowest BCUT2D eigenvalue weighted by atomic mass is 9.93. The Kier molecular flexibility index (Phi) is 4.97. The number of non-ortho nitro benzene ring substituents is 1. The Hall–Kier alpha value is -2.89. The Labute approximate surface area is 146 Å². The van der Waals surface area contributed by atoms with Gasteiger partial charge in [0.15, 0.2) is 0 Å². The highest BCUT2D eigenvalue weighted by atomic mass is 16.6. The summed E-state index contributed by atoms with van der Waals surface area (Å²) in [6.07, 6.45) is 1.78. The number of esters is 1. The number of nitrogens with zero attached hydrogens (tertiary/aromatic N) is 2. The minimum absolute atomic E-state index is 0.0154. The van der Waals surface area contributed by atoms with Crippen LogP contribution in [0, 0.1) is 10.1 Å². The van der Waals surface area contributed by atoms with Crippen molar-refractivity contribution in [3.63, 3.8) is 0 Å². The minimum atomic E-state index is -0.373. The van der Waals surface area contributed by atoms with Crippen LogP contribution in [0.5, 0.6) is 0 Å². The molecule has 0 N–H and O–H groups in total. The summed E-state index contributed by atoms with van der Waals surface area (Å²) in [7, 11) is 1.39. The number of carbonyl (C=O) groups excluding carboxylic acids is 1. The van der Waals surface area contributed by atoms with E-state index >= 15 is 0 Å². The molecule has 6 heteroatoms. The maximum absolute atomic E-state index is 11.8. The Morgan fingerprint density at radius 3 is 2.72 bits per heavy atom. The van der Waals surface area contributed by atoms with Gasteiger partial charge < -0.3 is 9.64 Å². The summed E-state index contributed by atoms with van der Waals surface area (Å²) in [6.45, 7) is 0.646. The van der Waals surface area contributed by atoms with Crippen molar-refractivity contribution in [3.05, 3.63) is 69.8 Å². The summed E-state index contributed by atoms with van der Waals surface area (Å²) in [6, 6.07) is 15.0. The molecule has 0 bridgehead atoms. The number of rotatable bonds is 5. The van der Waals surface area contributed by atoms with Crippen LogP contribution in [-0.2, 0) is 22.5 Å². The molecule has 1 atom stereocenters. The van der Waals surface area contributed by atoms with Crippen LogP contribution in [-0.4, -0.2) is 24.0 Å². The smallest absolute Gasteiger partial charge is 0.307 e. The summed E-state index contributed by atoms with van der Waals surface area (Å²) < 4.78 is 4.84. The molecule has 130 valence electrons. The van der Waals surface area contributed by atoms with E-state index in [0.717, 1.165) is 23.2 Å². The van der Waals surface area contributed by atoms with Gasteiger partial charge in [-0.15, -0.1) is 0 Å². The zero-order valence-electron chi connectivity index (χ0n) is 14.1. The topological polar surface area (TPSA) is 72.7 Å². The highest BCUT2D eigenvalue weighted by Gasteiger charge is 2.29. The van der Waals surface area contributed by atoms with Crippen molar-refractivity contribution in [3.8, 4) is 0 Å². The molecule has 2 aromatic carbocycles. The first-order valence-electron chi connectivity index (χ1n) is 8.23. The molecule has 0 aromatic heterocycles. The van der Waals surface area contributed by atoms with Crippen molar-refractivity contribution in [2.75, 3.05) is 12.0 Å². The van der Waals surface area contributed by atoms with Gasteiger partial charge in [-0.2, -0.15) is 0 Å². The van der Waals surface area contributed by atoms with E-state index in [0.29, 0.717) is 19.4 Å². The van der Waals surface area contributed by atoms with Gasteiger partial charge in [-0.3, -0.25) is 14.9 Å². The fraction of sp³-hybridized carbons (Fsp3) is 0.316. The first-order valence-corrected chi connectivity index (χ1v) is 8.23. The van der Waals surface area contributed by atoms with Gasteiger partial charge >= 0.3 is 5.97 Å². The van der Waals surface area contributed by atoms with Crippen LogP contribution in [0.25, 0.3) is 0 Å². The van der Waals surface area contributed by atoms with Crippen LogP contribution >= 0.6 is 0 Å². The second-order valence-electron chi connectivity index (χ2n) is 6.16. The predicted octanol–water partition coefficient (Wildman–Crippen LogP) is 3.48. The Bertz CT molecular complexity index is 776. The van der Waals surface area contributed by atoms with E-state index in [-0.39, 0.29) is 22.6 Å². The van der Waals surface area contributed by atoms with Crippen LogP contribution in [0.2, 0.25) is 0 Å². The van der Waals surface area contributed by atoms with Crippen molar-refractivity contribution in [2.45, 2.75) is 31.8 Å². The van der Waals surface area contributed by atoms with Crippen LogP contribution in [0.15, 0.2) is 48.5 Å². The van der Waals surface area contributed by atoms with Crippen LogP contribution in [0.4, 0.5) is 11.4 Å². The molecule has 1 aliphatic heterocycles. The first-order chi connectivity index (χ1) is 12.1. The molecule has 0 saturated carbocycles. The summed E-state index contributed by atoms with van der Waals surface area (Å²) >= 11 is 0. The Balaban J connectivity index is 1.94. The molecule has 2 aromatic rings. The summed E-state index contributed by atoms with van der Waals surface area (Å²) in [5.74, 6) is -0.242. The zero-order chi connectivity index (χ0) is 17.8. The number of benzene rings is 2. The average Bonchev–Trinajstić information content (AvgIpc) is 2.63.